The Bertz CT molecular complexity index is 1220. The van der Waals surface area contributed by atoms with Gasteiger partial charge in [0.25, 0.3) is 0 Å². The quantitative estimate of drug-likeness (QED) is 0.553. The second kappa shape index (κ2) is 6.53. The number of anilines is 1. The zero-order chi connectivity index (χ0) is 21.3. The molecule has 4 unspecified atom stereocenters. The number of aromatic hydroxyl groups is 1. The molecule has 6 rings (SSSR count). The molecule has 0 aromatic carbocycles. The Hall–Kier alpha value is -3.43. The van der Waals surface area contributed by atoms with E-state index >= 15 is 4.48 Å². The first-order chi connectivity index (χ1) is 15.0. The molecule has 2 aliphatic carbocycles. The molecule has 1 saturated carbocycles. The lowest BCUT2D eigenvalue weighted by Crippen LogP contribution is -2.41. The third-order valence-corrected chi connectivity index (χ3v) is 6.84. The number of nitrogens with one attached hydrogen (secondary N) is 1. The summed E-state index contributed by atoms with van der Waals surface area (Å²) in [5, 5.41) is 13.8. The van der Waals surface area contributed by atoms with Crippen LogP contribution in [0.1, 0.15) is 25.1 Å². The summed E-state index contributed by atoms with van der Waals surface area (Å²) < 4.78 is 17.2. The van der Waals surface area contributed by atoms with Crippen LogP contribution in [0, 0.1) is 17.8 Å². The normalized spacial score (nSPS) is 26.5. The molecule has 3 aliphatic rings. The van der Waals surface area contributed by atoms with Gasteiger partial charge < -0.3 is 20.7 Å². The maximum Gasteiger partial charge on any atom is 0.223 e. The molecule has 1 aliphatic heterocycles. The van der Waals surface area contributed by atoms with E-state index < -0.39 is 5.92 Å². The molecule has 0 spiro atoms. The van der Waals surface area contributed by atoms with Crippen LogP contribution in [0.4, 0.5) is 10.2 Å². The van der Waals surface area contributed by atoms with Crippen molar-refractivity contribution in [3.8, 4) is 17.3 Å². The summed E-state index contributed by atoms with van der Waals surface area (Å²) in [4.78, 5) is 25.5. The van der Waals surface area contributed by atoms with Crippen LogP contribution in [0.25, 0.3) is 22.7 Å². The predicted molar refractivity (Wildman–Crippen MR) is 111 cm³/mol. The van der Waals surface area contributed by atoms with E-state index in [1.807, 2.05) is 16.8 Å². The number of pyridine rings is 1. The fraction of sp³-hybridized carbons (Fsp3) is 0.429. The lowest BCUT2D eigenvalue weighted by atomic mass is 9.88. The Morgan fingerprint density at radius 1 is 1.26 bits per heavy atom. The van der Waals surface area contributed by atoms with E-state index in [1.54, 1.807) is 0 Å². The van der Waals surface area contributed by atoms with Crippen LogP contribution >= 0.6 is 0 Å². The molecular weight excluding hydrogens is 401 g/mol. The maximum atomic E-state index is 15.2. The molecule has 9 nitrogen and oxygen atoms in total. The summed E-state index contributed by atoms with van der Waals surface area (Å²) in [5.74, 6) is 0.195. The highest BCUT2D eigenvalue weighted by Crippen LogP contribution is 2.46. The molecule has 4 atom stereocenters. The van der Waals surface area contributed by atoms with Crippen molar-refractivity contribution in [3.63, 3.8) is 0 Å². The summed E-state index contributed by atoms with van der Waals surface area (Å²) in [5.41, 5.74) is 6.51. The fourth-order valence-corrected chi connectivity index (χ4v) is 5.37. The lowest BCUT2D eigenvalue weighted by Gasteiger charge is -2.27. The van der Waals surface area contributed by atoms with Gasteiger partial charge >= 0.3 is 0 Å². The van der Waals surface area contributed by atoms with Crippen molar-refractivity contribution in [3.05, 3.63) is 30.4 Å². The predicted octanol–water partition coefficient (Wildman–Crippen LogP) is 2.16. The molecule has 3 aromatic rings. The second-order valence-electron chi connectivity index (χ2n) is 8.65. The largest absolute Gasteiger partial charge is 0.504 e. The van der Waals surface area contributed by atoms with Crippen LogP contribution in [-0.4, -0.2) is 41.4 Å². The Balaban J connectivity index is 1.43. The van der Waals surface area contributed by atoms with Gasteiger partial charge in [-0.15, -0.1) is 4.79 Å². The van der Waals surface area contributed by atoms with Gasteiger partial charge in [0.1, 0.15) is 22.7 Å². The van der Waals surface area contributed by atoms with Crippen molar-refractivity contribution in [2.24, 2.45) is 23.5 Å². The van der Waals surface area contributed by atoms with E-state index in [4.69, 9.17) is 5.73 Å². The number of amides is 1. The Morgan fingerprint density at radius 2 is 2.10 bits per heavy atom. The smallest absolute Gasteiger partial charge is 0.223 e. The monoisotopic (exact) mass is 423 g/mol. The summed E-state index contributed by atoms with van der Waals surface area (Å²) in [6.07, 6.45) is 10.9. The van der Waals surface area contributed by atoms with Crippen LogP contribution in [0.5, 0.6) is 5.75 Å². The number of rotatable bonds is 4. The minimum Gasteiger partial charge on any atom is -0.504 e. The van der Waals surface area contributed by atoms with Gasteiger partial charge in [-0.25, -0.2) is 15.0 Å². The number of aryl methyl sites for hydroxylation is 2. The number of hydrogen-bond acceptors (Lipinski definition) is 6. The highest BCUT2D eigenvalue weighted by molar-refractivity contribution is 5.92. The number of carbonyl (C=O) groups is 1. The minimum absolute atomic E-state index is 0.0180. The average Bonchev–Trinajstić information content (AvgIpc) is 3.51. The van der Waals surface area contributed by atoms with Gasteiger partial charge in [-0.05, 0) is 31.1 Å². The number of carbonyl (C=O) groups excluding carboxylic acids is 1. The van der Waals surface area contributed by atoms with Gasteiger partial charge in [0.05, 0.1) is 12.1 Å². The van der Waals surface area contributed by atoms with Gasteiger partial charge in [0.15, 0.2) is 17.2 Å². The molecule has 10 heteroatoms. The minimum atomic E-state index is -0.399. The molecule has 4 N–H and O–H groups in total. The number of imidazole rings is 2. The summed E-state index contributed by atoms with van der Waals surface area (Å²) in [6, 6.07) is -0.294. The Kier molecular flexibility index (Phi) is 3.87. The average molecular weight is 423 g/mol. The topological polar surface area (TPSA) is 124 Å². The third-order valence-electron chi connectivity index (χ3n) is 6.84. The number of allylic oxidation sites excluding steroid dienone is 1. The number of fused-ring (bicyclic) bond motifs is 4. The summed E-state index contributed by atoms with van der Waals surface area (Å²) in [6.45, 7) is 0.854. The highest BCUT2D eigenvalue weighted by Gasteiger charge is 2.47. The first kappa shape index (κ1) is 18.3. The number of aromatic nitrogens is 5. The van der Waals surface area contributed by atoms with Crippen molar-refractivity contribution in [1.82, 2.24) is 24.3 Å². The number of nitrogens with zero attached hydrogens (tertiary/aromatic N) is 5. The molecule has 0 saturated heterocycles. The van der Waals surface area contributed by atoms with Crippen LogP contribution in [0.3, 0.4) is 0 Å². The number of halogens is 1. The number of primary amides is 1. The van der Waals surface area contributed by atoms with Gasteiger partial charge in [-0.2, -0.15) is 0 Å². The zero-order valence-electron chi connectivity index (χ0n) is 16.7. The molecule has 31 heavy (non-hydrogen) atoms. The van der Waals surface area contributed by atoms with E-state index in [9.17, 15) is 9.90 Å². The van der Waals surface area contributed by atoms with Crippen molar-refractivity contribution >= 4 is 22.8 Å². The van der Waals surface area contributed by atoms with Crippen molar-refractivity contribution < 1.29 is 14.4 Å². The first-order valence-corrected chi connectivity index (χ1v) is 10.6. The van der Waals surface area contributed by atoms with E-state index in [-0.39, 0.29) is 52.2 Å². The van der Waals surface area contributed by atoms with Gasteiger partial charge in [0, 0.05) is 25.2 Å². The molecule has 160 valence electrons. The number of nitrogens with two attached hydrogens (primary N) is 1. The molecule has 1 fully saturated rings. The van der Waals surface area contributed by atoms with Crippen LogP contribution in [-0.2, 0) is 17.8 Å². The summed E-state index contributed by atoms with van der Waals surface area (Å²) >= 11 is 0. The third kappa shape index (κ3) is 2.67. The molecule has 2 bridgehead atoms. The standard InChI is InChI=1S/C21H22FN7O2/c22-29-20(12-9-28-6-2-1-3-14(28)25-12)27-18-17(13(30)8-24-21(18)29)26-16-11-5-4-10(7-11)15(16)19(23)31/h4-5,8-11,15-16,30H,1-3,6-7H2,(H2,23,31)(H,24,26). The van der Waals surface area contributed by atoms with Crippen LogP contribution in [0.2, 0.25) is 0 Å². The van der Waals surface area contributed by atoms with Crippen molar-refractivity contribution in [1.29, 1.82) is 0 Å². The maximum absolute atomic E-state index is 15.2. The van der Waals surface area contributed by atoms with E-state index in [0.29, 0.717) is 10.5 Å². The molecular formula is C21H22FN7O2. The molecule has 3 aromatic heterocycles. The summed E-state index contributed by atoms with van der Waals surface area (Å²) in [7, 11) is 0. The second-order valence-corrected chi connectivity index (χ2v) is 8.65. The Labute approximate surface area is 176 Å². The fourth-order valence-electron chi connectivity index (χ4n) is 5.37. The zero-order valence-corrected chi connectivity index (χ0v) is 16.7. The Morgan fingerprint density at radius 3 is 2.90 bits per heavy atom. The SMILES string of the molecule is NC(=O)C1C2C=CC(C2)C1Nc1c(O)cnc2c1nc(-c1cn3c(n1)CCCC3)n2F. The van der Waals surface area contributed by atoms with Crippen LogP contribution in [0.15, 0.2) is 24.5 Å². The van der Waals surface area contributed by atoms with E-state index in [1.165, 1.54) is 6.20 Å². The van der Waals surface area contributed by atoms with Crippen molar-refractivity contribution in [2.45, 2.75) is 38.3 Å². The lowest BCUT2D eigenvalue weighted by molar-refractivity contribution is -0.122. The van der Waals surface area contributed by atoms with Crippen molar-refractivity contribution in [2.75, 3.05) is 5.32 Å². The molecule has 0 radical (unpaired) electrons. The highest BCUT2D eigenvalue weighted by atomic mass is 19.2. The van der Waals surface area contributed by atoms with Crippen LogP contribution < -0.4 is 11.1 Å². The molecule has 1 amide bonds. The van der Waals surface area contributed by atoms with Gasteiger partial charge in [-0.1, -0.05) is 16.6 Å². The van der Waals surface area contributed by atoms with Gasteiger partial charge in [0.2, 0.25) is 5.91 Å². The first-order valence-electron chi connectivity index (χ1n) is 10.6. The number of hydrogen-bond donors (Lipinski definition) is 3. The van der Waals surface area contributed by atoms with E-state index in [0.717, 1.165) is 38.1 Å². The van der Waals surface area contributed by atoms with Gasteiger partial charge in [-0.3, -0.25) is 4.79 Å². The molecule has 4 heterocycles. The van der Waals surface area contributed by atoms with E-state index in [2.05, 4.69) is 26.3 Å².